The van der Waals surface area contributed by atoms with Crippen molar-refractivity contribution in [3.05, 3.63) is 92.1 Å². The zero-order valence-corrected chi connectivity index (χ0v) is 21.1. The van der Waals surface area contributed by atoms with Crippen molar-refractivity contribution in [3.63, 3.8) is 0 Å². The minimum atomic E-state index is -1.84. The first kappa shape index (κ1) is 25.4. The molecule has 2 heterocycles. The third-order valence-electron chi connectivity index (χ3n) is 6.28. The molecule has 2 aromatic carbocycles. The van der Waals surface area contributed by atoms with Gasteiger partial charge in [0, 0.05) is 16.4 Å². The summed E-state index contributed by atoms with van der Waals surface area (Å²) in [7, 11) is 0. The molecular formula is C27H29ClN2O4S. The maximum Gasteiger partial charge on any atom is 0.255 e. The number of hydrogen-bond acceptors (Lipinski definition) is 5. The summed E-state index contributed by atoms with van der Waals surface area (Å²) in [6, 6.07) is 17.4. The first-order chi connectivity index (χ1) is 16.8. The van der Waals surface area contributed by atoms with Crippen molar-refractivity contribution in [2.75, 3.05) is 6.54 Å². The number of nitrogens with one attached hydrogen (secondary N) is 1. The first-order valence-electron chi connectivity index (χ1n) is 11.6. The van der Waals surface area contributed by atoms with E-state index in [1.165, 1.54) is 11.3 Å². The summed E-state index contributed by atoms with van der Waals surface area (Å²) < 4.78 is 0. The van der Waals surface area contributed by atoms with E-state index in [1.807, 2.05) is 66.9 Å². The van der Waals surface area contributed by atoms with Gasteiger partial charge < -0.3 is 20.4 Å². The number of aryl methyl sites for hydroxylation is 1. The lowest BCUT2D eigenvalue weighted by atomic mass is 10.0. The molecule has 4 rings (SSSR count). The maximum atomic E-state index is 13.0. The minimum Gasteiger partial charge on any atom is -0.380 e. The van der Waals surface area contributed by atoms with Gasteiger partial charge in [-0.25, -0.2) is 0 Å². The SMILES string of the molecule is Cc1cccc(C2CCCN2C(=O)[C@H](O)[C@@H](O)C(=O)NCc2cc(Cc3ccccc3Cl)cs2)c1. The fraction of sp³-hybridized carbons (Fsp3) is 0.333. The number of benzene rings is 2. The topological polar surface area (TPSA) is 89.9 Å². The highest BCUT2D eigenvalue weighted by atomic mass is 35.5. The van der Waals surface area contributed by atoms with Gasteiger partial charge in [0.05, 0.1) is 12.6 Å². The molecule has 0 radical (unpaired) electrons. The van der Waals surface area contributed by atoms with E-state index >= 15 is 0 Å². The number of rotatable bonds is 8. The third-order valence-corrected chi connectivity index (χ3v) is 7.64. The monoisotopic (exact) mass is 512 g/mol. The summed E-state index contributed by atoms with van der Waals surface area (Å²) in [4.78, 5) is 27.9. The Balaban J connectivity index is 1.32. The number of hydrogen-bond donors (Lipinski definition) is 3. The van der Waals surface area contributed by atoms with Crippen molar-refractivity contribution in [2.24, 2.45) is 0 Å². The highest BCUT2D eigenvalue weighted by Gasteiger charge is 2.38. The van der Waals surface area contributed by atoms with Crippen LogP contribution in [-0.2, 0) is 22.6 Å². The second-order valence-corrected chi connectivity index (χ2v) is 10.3. The predicted octanol–water partition coefficient (Wildman–Crippen LogP) is 4.00. The molecule has 3 aromatic rings. The number of aliphatic hydroxyl groups excluding tert-OH is 2. The molecule has 1 saturated heterocycles. The summed E-state index contributed by atoms with van der Waals surface area (Å²) in [5, 5.41) is 26.3. The molecule has 1 aliphatic rings. The lowest BCUT2D eigenvalue weighted by molar-refractivity contribution is -0.153. The number of likely N-dealkylation sites (tertiary alicyclic amines) is 1. The van der Waals surface area contributed by atoms with E-state index in [2.05, 4.69) is 5.32 Å². The molecule has 184 valence electrons. The van der Waals surface area contributed by atoms with Crippen LogP contribution in [0.5, 0.6) is 0 Å². The van der Waals surface area contributed by atoms with Crippen LogP contribution in [0.25, 0.3) is 0 Å². The van der Waals surface area contributed by atoms with Crippen molar-refractivity contribution in [2.45, 2.75) is 51.0 Å². The quantitative estimate of drug-likeness (QED) is 0.425. The van der Waals surface area contributed by atoms with Gasteiger partial charge in [0.1, 0.15) is 0 Å². The minimum absolute atomic E-state index is 0.171. The molecule has 6 nitrogen and oxygen atoms in total. The van der Waals surface area contributed by atoms with Gasteiger partial charge in [0.2, 0.25) is 0 Å². The van der Waals surface area contributed by atoms with Crippen LogP contribution < -0.4 is 5.32 Å². The van der Waals surface area contributed by atoms with Crippen LogP contribution in [0.4, 0.5) is 0 Å². The van der Waals surface area contributed by atoms with Gasteiger partial charge in [0.15, 0.2) is 12.2 Å². The van der Waals surface area contributed by atoms with Crippen molar-refractivity contribution in [3.8, 4) is 0 Å². The second kappa shape index (κ2) is 11.4. The van der Waals surface area contributed by atoms with Gasteiger partial charge in [-0.2, -0.15) is 0 Å². The van der Waals surface area contributed by atoms with Crippen LogP contribution in [0.3, 0.4) is 0 Å². The van der Waals surface area contributed by atoms with E-state index in [9.17, 15) is 19.8 Å². The van der Waals surface area contributed by atoms with Crippen molar-refractivity contribution < 1.29 is 19.8 Å². The number of amides is 2. The van der Waals surface area contributed by atoms with Gasteiger partial charge in [-0.05, 0) is 60.4 Å². The molecule has 3 atom stereocenters. The number of carbonyl (C=O) groups is 2. The van der Waals surface area contributed by atoms with Gasteiger partial charge in [-0.1, -0.05) is 59.6 Å². The Morgan fingerprint density at radius 3 is 2.71 bits per heavy atom. The third kappa shape index (κ3) is 6.11. The highest BCUT2D eigenvalue weighted by molar-refractivity contribution is 7.10. The van der Waals surface area contributed by atoms with E-state index in [-0.39, 0.29) is 12.6 Å². The fourth-order valence-electron chi connectivity index (χ4n) is 4.45. The van der Waals surface area contributed by atoms with Crippen LogP contribution in [0.15, 0.2) is 60.0 Å². The zero-order chi connectivity index (χ0) is 24.9. The van der Waals surface area contributed by atoms with E-state index in [1.54, 1.807) is 4.90 Å². The molecule has 1 aliphatic heterocycles. The number of carbonyl (C=O) groups excluding carboxylic acids is 2. The molecule has 0 bridgehead atoms. The number of thiophene rings is 1. The average molecular weight is 513 g/mol. The second-order valence-electron chi connectivity index (χ2n) is 8.90. The Labute approximate surface area is 214 Å². The predicted molar refractivity (Wildman–Crippen MR) is 137 cm³/mol. The smallest absolute Gasteiger partial charge is 0.255 e. The molecular weight excluding hydrogens is 484 g/mol. The summed E-state index contributed by atoms with van der Waals surface area (Å²) in [5.41, 5.74) is 4.17. The Kier molecular flexibility index (Phi) is 8.23. The maximum absolute atomic E-state index is 13.0. The molecule has 35 heavy (non-hydrogen) atoms. The van der Waals surface area contributed by atoms with Crippen molar-refractivity contribution >= 4 is 34.8 Å². The molecule has 3 N–H and O–H groups in total. The van der Waals surface area contributed by atoms with Crippen LogP contribution in [0, 0.1) is 6.92 Å². The lowest BCUT2D eigenvalue weighted by Crippen LogP contribution is -2.50. The molecule has 0 spiro atoms. The molecule has 8 heteroatoms. The Morgan fingerprint density at radius 2 is 1.94 bits per heavy atom. The number of halogens is 1. The first-order valence-corrected chi connectivity index (χ1v) is 12.9. The van der Waals surface area contributed by atoms with Crippen LogP contribution in [0.2, 0.25) is 5.02 Å². The van der Waals surface area contributed by atoms with Gasteiger partial charge in [-0.3, -0.25) is 9.59 Å². The van der Waals surface area contributed by atoms with Gasteiger partial charge >= 0.3 is 0 Å². The van der Waals surface area contributed by atoms with Gasteiger partial charge in [0.25, 0.3) is 11.8 Å². The van der Waals surface area contributed by atoms with Gasteiger partial charge in [-0.15, -0.1) is 11.3 Å². The number of aliphatic hydroxyl groups is 2. The highest BCUT2D eigenvalue weighted by Crippen LogP contribution is 2.33. The average Bonchev–Trinajstić information content (AvgIpc) is 3.52. The van der Waals surface area contributed by atoms with E-state index in [0.717, 1.165) is 40.0 Å². The summed E-state index contributed by atoms with van der Waals surface area (Å²) in [5.74, 6) is -1.41. The molecule has 1 fully saturated rings. The Hall–Kier alpha value is -2.71. The Morgan fingerprint density at radius 1 is 1.14 bits per heavy atom. The van der Waals surface area contributed by atoms with E-state index in [4.69, 9.17) is 11.6 Å². The molecule has 1 aromatic heterocycles. The van der Waals surface area contributed by atoms with E-state index < -0.39 is 24.0 Å². The molecule has 1 unspecified atom stereocenters. The van der Waals surface area contributed by atoms with Crippen molar-refractivity contribution in [1.82, 2.24) is 10.2 Å². The molecule has 0 aliphatic carbocycles. The lowest BCUT2D eigenvalue weighted by Gasteiger charge is -2.28. The largest absolute Gasteiger partial charge is 0.380 e. The normalized spacial score (nSPS) is 17.3. The summed E-state index contributed by atoms with van der Waals surface area (Å²) >= 11 is 7.72. The molecule has 2 amide bonds. The fourth-order valence-corrected chi connectivity index (χ4v) is 5.49. The summed E-state index contributed by atoms with van der Waals surface area (Å²) in [6.45, 7) is 2.66. The molecule has 0 saturated carbocycles. The van der Waals surface area contributed by atoms with E-state index in [0.29, 0.717) is 18.0 Å². The van der Waals surface area contributed by atoms with Crippen molar-refractivity contribution in [1.29, 1.82) is 0 Å². The van der Waals surface area contributed by atoms with Crippen LogP contribution in [0.1, 0.15) is 46.0 Å². The number of nitrogens with zero attached hydrogens (tertiary/aromatic N) is 1. The Bertz CT molecular complexity index is 1200. The zero-order valence-electron chi connectivity index (χ0n) is 19.5. The standard InChI is InChI=1S/C27H29ClN2O4S/c1-17-6-4-8-20(12-17)23-10-5-11-30(23)27(34)25(32)24(31)26(33)29-15-21-14-18(16-35-21)13-19-7-2-3-9-22(19)28/h2-4,6-9,12,14,16,23-25,31-32H,5,10-11,13,15H2,1H3,(H,29,33)/t23?,24-,25-/m1/s1. The van der Waals surface area contributed by atoms with Crippen LogP contribution in [-0.4, -0.2) is 45.7 Å². The summed E-state index contributed by atoms with van der Waals surface area (Å²) in [6.07, 6.45) is -1.41. The van der Waals surface area contributed by atoms with Crippen LogP contribution >= 0.6 is 22.9 Å².